The van der Waals surface area contributed by atoms with Crippen molar-refractivity contribution in [2.24, 2.45) is 0 Å². The summed E-state index contributed by atoms with van der Waals surface area (Å²) in [7, 11) is 2.50. The molecule has 0 radical (unpaired) electrons. The molecule has 0 fully saturated rings. The maximum atomic E-state index is 12.2. The lowest BCUT2D eigenvalue weighted by molar-refractivity contribution is -0.143. The molecule has 1 aliphatic heterocycles. The van der Waals surface area contributed by atoms with E-state index in [0.717, 1.165) is 20.9 Å². The molecule has 0 aromatic heterocycles. The van der Waals surface area contributed by atoms with Crippen LogP contribution in [0.3, 0.4) is 0 Å². The van der Waals surface area contributed by atoms with Gasteiger partial charge in [0.25, 0.3) is 0 Å². The van der Waals surface area contributed by atoms with Crippen molar-refractivity contribution in [3.8, 4) is 0 Å². The highest BCUT2D eigenvalue weighted by Crippen LogP contribution is 2.46. The number of esters is 2. The summed E-state index contributed by atoms with van der Waals surface area (Å²) in [5.41, 5.74) is 2.10. The molecule has 0 unspecified atom stereocenters. The van der Waals surface area contributed by atoms with Crippen molar-refractivity contribution in [2.45, 2.75) is 9.79 Å². The van der Waals surface area contributed by atoms with Crippen LogP contribution >= 0.6 is 11.8 Å². The highest BCUT2D eigenvalue weighted by molar-refractivity contribution is 7.99. The third kappa shape index (κ3) is 2.64. The van der Waals surface area contributed by atoms with Gasteiger partial charge in [0.15, 0.2) is 5.57 Å². The summed E-state index contributed by atoms with van der Waals surface area (Å²) < 4.78 is 9.63. The van der Waals surface area contributed by atoms with Gasteiger partial charge in [-0.15, -0.1) is 0 Å². The zero-order chi connectivity index (χ0) is 16.4. The molecular formula is C18H14O4S. The van der Waals surface area contributed by atoms with Gasteiger partial charge < -0.3 is 9.47 Å². The second-order valence-electron chi connectivity index (χ2n) is 4.83. The van der Waals surface area contributed by atoms with E-state index in [0.29, 0.717) is 5.57 Å². The van der Waals surface area contributed by atoms with Crippen LogP contribution in [0.5, 0.6) is 0 Å². The Morgan fingerprint density at radius 3 is 1.65 bits per heavy atom. The van der Waals surface area contributed by atoms with Crippen molar-refractivity contribution in [1.29, 1.82) is 0 Å². The summed E-state index contributed by atoms with van der Waals surface area (Å²) in [4.78, 5) is 26.4. The zero-order valence-corrected chi connectivity index (χ0v) is 13.5. The quantitative estimate of drug-likeness (QED) is 0.313. The second-order valence-corrected chi connectivity index (χ2v) is 5.91. The lowest BCUT2D eigenvalue weighted by Gasteiger charge is -2.23. The van der Waals surface area contributed by atoms with E-state index in [4.69, 9.17) is 9.47 Å². The SMILES string of the molecule is COC(=O)C(C(=O)OC)=C1c2ccccc2Sc2ccccc21. The Hall–Kier alpha value is -2.53. The van der Waals surface area contributed by atoms with Gasteiger partial charge in [0.2, 0.25) is 0 Å². The molecule has 116 valence electrons. The monoisotopic (exact) mass is 326 g/mol. The highest BCUT2D eigenvalue weighted by atomic mass is 32.2. The van der Waals surface area contributed by atoms with Crippen LogP contribution in [0.4, 0.5) is 0 Å². The third-order valence-electron chi connectivity index (χ3n) is 3.56. The van der Waals surface area contributed by atoms with E-state index in [1.165, 1.54) is 14.2 Å². The van der Waals surface area contributed by atoms with Crippen molar-refractivity contribution >= 4 is 29.3 Å². The number of rotatable bonds is 2. The number of fused-ring (bicyclic) bond motifs is 2. The fourth-order valence-corrected chi connectivity index (χ4v) is 3.64. The largest absolute Gasteiger partial charge is 0.465 e. The molecular weight excluding hydrogens is 312 g/mol. The first kappa shape index (κ1) is 15.4. The Kier molecular flexibility index (Phi) is 4.21. The maximum Gasteiger partial charge on any atom is 0.345 e. The molecule has 0 aliphatic carbocycles. The molecule has 0 amide bonds. The molecule has 5 heteroatoms. The van der Waals surface area contributed by atoms with Crippen molar-refractivity contribution < 1.29 is 19.1 Å². The summed E-state index contributed by atoms with van der Waals surface area (Å²) in [5.74, 6) is -1.41. The molecule has 2 aromatic rings. The maximum absolute atomic E-state index is 12.2. The van der Waals surface area contributed by atoms with Gasteiger partial charge in [0, 0.05) is 15.4 Å². The van der Waals surface area contributed by atoms with Crippen LogP contribution in [0.2, 0.25) is 0 Å². The molecule has 0 atom stereocenters. The van der Waals surface area contributed by atoms with Gasteiger partial charge in [-0.25, -0.2) is 9.59 Å². The molecule has 0 saturated heterocycles. The van der Waals surface area contributed by atoms with E-state index < -0.39 is 11.9 Å². The Bertz CT molecular complexity index is 758. The van der Waals surface area contributed by atoms with Gasteiger partial charge >= 0.3 is 11.9 Å². The minimum Gasteiger partial charge on any atom is -0.465 e. The smallest absolute Gasteiger partial charge is 0.345 e. The van der Waals surface area contributed by atoms with Gasteiger partial charge in [0.05, 0.1) is 14.2 Å². The summed E-state index contributed by atoms with van der Waals surface area (Å²) in [6.07, 6.45) is 0. The average molecular weight is 326 g/mol. The zero-order valence-electron chi connectivity index (χ0n) is 12.7. The van der Waals surface area contributed by atoms with Gasteiger partial charge in [-0.1, -0.05) is 48.2 Å². The first-order valence-corrected chi connectivity index (χ1v) is 7.76. The standard InChI is InChI=1S/C18H14O4S/c1-21-17(19)16(18(20)22-2)15-11-7-3-5-9-13(11)23-14-10-6-4-8-12(14)15/h3-10H,1-2H3. The van der Waals surface area contributed by atoms with Crippen molar-refractivity contribution in [2.75, 3.05) is 14.2 Å². The van der Waals surface area contributed by atoms with Gasteiger partial charge in [-0.05, 0) is 23.3 Å². The molecule has 4 nitrogen and oxygen atoms in total. The number of carbonyl (C=O) groups excluding carboxylic acids is 2. The first-order chi connectivity index (χ1) is 11.2. The number of methoxy groups -OCH3 is 2. The van der Waals surface area contributed by atoms with Crippen molar-refractivity contribution in [3.05, 3.63) is 65.2 Å². The lowest BCUT2D eigenvalue weighted by Crippen LogP contribution is -2.19. The van der Waals surface area contributed by atoms with E-state index in [-0.39, 0.29) is 5.57 Å². The van der Waals surface area contributed by atoms with E-state index in [9.17, 15) is 9.59 Å². The van der Waals surface area contributed by atoms with E-state index in [1.54, 1.807) is 11.8 Å². The molecule has 0 bridgehead atoms. The van der Waals surface area contributed by atoms with Crippen molar-refractivity contribution in [1.82, 2.24) is 0 Å². The summed E-state index contributed by atoms with van der Waals surface area (Å²) in [6.45, 7) is 0. The minimum absolute atomic E-state index is 0.0878. The van der Waals surface area contributed by atoms with E-state index >= 15 is 0 Å². The van der Waals surface area contributed by atoms with Gasteiger partial charge in [0.1, 0.15) is 0 Å². The van der Waals surface area contributed by atoms with Crippen LogP contribution in [0.25, 0.3) is 5.57 Å². The van der Waals surface area contributed by atoms with Crippen LogP contribution in [0, 0.1) is 0 Å². The third-order valence-corrected chi connectivity index (χ3v) is 4.71. The lowest BCUT2D eigenvalue weighted by atomic mass is 9.92. The Morgan fingerprint density at radius 2 is 1.22 bits per heavy atom. The van der Waals surface area contributed by atoms with Crippen LogP contribution < -0.4 is 0 Å². The van der Waals surface area contributed by atoms with Crippen molar-refractivity contribution in [3.63, 3.8) is 0 Å². The topological polar surface area (TPSA) is 52.6 Å². The Labute approximate surface area is 138 Å². The van der Waals surface area contributed by atoms with Crippen LogP contribution in [-0.2, 0) is 19.1 Å². The Morgan fingerprint density at radius 1 is 0.783 bits per heavy atom. The number of ether oxygens (including phenoxy) is 2. The number of hydrogen-bond donors (Lipinski definition) is 0. The fraction of sp³-hybridized carbons (Fsp3) is 0.111. The Balaban J connectivity index is 2.38. The highest BCUT2D eigenvalue weighted by Gasteiger charge is 2.31. The molecule has 1 aliphatic rings. The van der Waals surface area contributed by atoms with Gasteiger partial charge in [-0.3, -0.25) is 0 Å². The predicted octanol–water partition coefficient (Wildman–Crippen LogP) is 3.30. The normalized spacial score (nSPS) is 12.0. The molecule has 0 spiro atoms. The number of hydrogen-bond acceptors (Lipinski definition) is 5. The van der Waals surface area contributed by atoms with Crippen LogP contribution in [0.15, 0.2) is 63.9 Å². The number of carbonyl (C=O) groups is 2. The minimum atomic E-state index is -0.705. The summed E-state index contributed by atoms with van der Waals surface area (Å²) in [6, 6.07) is 15.3. The molecule has 23 heavy (non-hydrogen) atoms. The van der Waals surface area contributed by atoms with E-state index in [1.807, 2.05) is 48.5 Å². The molecule has 1 heterocycles. The summed E-state index contributed by atoms with van der Waals surface area (Å²) in [5, 5.41) is 0. The molecule has 0 N–H and O–H groups in total. The number of benzene rings is 2. The van der Waals surface area contributed by atoms with Crippen LogP contribution in [-0.4, -0.2) is 26.2 Å². The second kappa shape index (κ2) is 6.30. The van der Waals surface area contributed by atoms with E-state index in [2.05, 4.69) is 0 Å². The molecule has 0 saturated carbocycles. The van der Waals surface area contributed by atoms with Gasteiger partial charge in [-0.2, -0.15) is 0 Å². The predicted molar refractivity (Wildman–Crippen MR) is 87.1 cm³/mol. The van der Waals surface area contributed by atoms with Crippen LogP contribution in [0.1, 0.15) is 11.1 Å². The average Bonchev–Trinajstić information content (AvgIpc) is 2.60. The first-order valence-electron chi connectivity index (χ1n) is 6.95. The molecule has 3 rings (SSSR count). The summed E-state index contributed by atoms with van der Waals surface area (Å²) >= 11 is 1.60. The molecule has 2 aromatic carbocycles. The fourth-order valence-electron chi connectivity index (χ4n) is 2.55.